The number of nitrogens with zero attached hydrogens (tertiary/aromatic N) is 1. The van der Waals surface area contributed by atoms with Gasteiger partial charge in [0, 0.05) is 18.6 Å². The molecule has 0 unspecified atom stereocenters. The van der Waals surface area contributed by atoms with Gasteiger partial charge in [-0.15, -0.1) is 0 Å². The molecule has 0 amide bonds. The summed E-state index contributed by atoms with van der Waals surface area (Å²) in [6.45, 7) is 10.0. The maximum Gasteiger partial charge on any atom is 0.0383 e. The van der Waals surface area contributed by atoms with Crippen LogP contribution in [0.15, 0.2) is 0 Å². The zero-order valence-electron chi connectivity index (χ0n) is 7.93. The molecule has 0 radical (unpaired) electrons. The maximum absolute atomic E-state index is 5.88. The molecule has 0 aromatic rings. The SMILES string of the molecule is CC(C)CCN1CC(C)(N)C1. The quantitative estimate of drug-likeness (QED) is 0.662. The van der Waals surface area contributed by atoms with Gasteiger partial charge >= 0.3 is 0 Å². The average molecular weight is 156 g/mol. The van der Waals surface area contributed by atoms with Gasteiger partial charge in [0.15, 0.2) is 0 Å². The van der Waals surface area contributed by atoms with E-state index in [9.17, 15) is 0 Å². The summed E-state index contributed by atoms with van der Waals surface area (Å²) in [5, 5.41) is 0. The van der Waals surface area contributed by atoms with E-state index >= 15 is 0 Å². The summed E-state index contributed by atoms with van der Waals surface area (Å²) in [5.74, 6) is 0.819. The molecule has 0 aromatic carbocycles. The van der Waals surface area contributed by atoms with E-state index in [4.69, 9.17) is 5.73 Å². The summed E-state index contributed by atoms with van der Waals surface area (Å²) in [5.41, 5.74) is 5.98. The summed E-state index contributed by atoms with van der Waals surface area (Å²) in [4.78, 5) is 2.43. The van der Waals surface area contributed by atoms with Crippen LogP contribution in [-0.2, 0) is 0 Å². The zero-order chi connectivity index (χ0) is 8.48. The summed E-state index contributed by atoms with van der Waals surface area (Å²) >= 11 is 0. The molecule has 0 aromatic heterocycles. The van der Waals surface area contributed by atoms with Crippen molar-refractivity contribution in [2.75, 3.05) is 19.6 Å². The third-order valence-corrected chi connectivity index (χ3v) is 2.19. The Morgan fingerprint density at radius 3 is 2.36 bits per heavy atom. The van der Waals surface area contributed by atoms with Crippen LogP contribution in [0.2, 0.25) is 0 Å². The van der Waals surface area contributed by atoms with Crippen molar-refractivity contribution in [3.63, 3.8) is 0 Å². The fourth-order valence-corrected chi connectivity index (χ4v) is 1.57. The molecule has 66 valence electrons. The molecule has 0 aliphatic carbocycles. The van der Waals surface area contributed by atoms with Gasteiger partial charge in [-0.2, -0.15) is 0 Å². The number of likely N-dealkylation sites (tertiary alicyclic amines) is 1. The van der Waals surface area contributed by atoms with Crippen LogP contribution in [0, 0.1) is 5.92 Å². The summed E-state index contributed by atoms with van der Waals surface area (Å²) in [6, 6.07) is 0. The molecule has 1 aliphatic rings. The minimum atomic E-state index is 0.108. The van der Waals surface area contributed by atoms with Crippen LogP contribution in [0.3, 0.4) is 0 Å². The lowest BCUT2D eigenvalue weighted by atomic mass is 9.93. The van der Waals surface area contributed by atoms with E-state index in [2.05, 4.69) is 25.7 Å². The Labute approximate surface area is 69.8 Å². The molecular weight excluding hydrogens is 136 g/mol. The first-order chi connectivity index (χ1) is 4.99. The van der Waals surface area contributed by atoms with Crippen molar-refractivity contribution in [1.29, 1.82) is 0 Å². The van der Waals surface area contributed by atoms with Crippen molar-refractivity contribution < 1.29 is 0 Å². The standard InChI is InChI=1S/C9H20N2/c1-8(2)4-5-11-6-9(3,10)7-11/h8H,4-7,10H2,1-3H3. The minimum absolute atomic E-state index is 0.108. The molecule has 2 nitrogen and oxygen atoms in total. The predicted octanol–water partition coefficient (Wildman–Crippen LogP) is 1.07. The van der Waals surface area contributed by atoms with Crippen LogP contribution in [0.4, 0.5) is 0 Å². The lowest BCUT2D eigenvalue weighted by Crippen LogP contribution is -2.65. The normalized spacial score (nSPS) is 23.7. The molecule has 0 saturated carbocycles. The highest BCUT2D eigenvalue weighted by atomic mass is 15.2. The largest absolute Gasteiger partial charge is 0.323 e. The second kappa shape index (κ2) is 3.11. The van der Waals surface area contributed by atoms with Crippen LogP contribution < -0.4 is 5.73 Å². The topological polar surface area (TPSA) is 29.3 Å². The first-order valence-corrected chi connectivity index (χ1v) is 4.51. The fourth-order valence-electron chi connectivity index (χ4n) is 1.57. The third-order valence-electron chi connectivity index (χ3n) is 2.19. The van der Waals surface area contributed by atoms with E-state index in [-0.39, 0.29) is 5.54 Å². The Morgan fingerprint density at radius 2 is 2.00 bits per heavy atom. The number of rotatable bonds is 3. The summed E-state index contributed by atoms with van der Waals surface area (Å²) in [7, 11) is 0. The molecule has 1 rings (SSSR count). The van der Waals surface area contributed by atoms with Gasteiger partial charge in [-0.25, -0.2) is 0 Å². The Kier molecular flexibility index (Phi) is 2.55. The van der Waals surface area contributed by atoms with E-state index in [0.717, 1.165) is 19.0 Å². The average Bonchev–Trinajstić information content (AvgIpc) is 1.78. The van der Waals surface area contributed by atoms with Crippen LogP contribution in [0.1, 0.15) is 27.2 Å². The highest BCUT2D eigenvalue weighted by Crippen LogP contribution is 2.17. The van der Waals surface area contributed by atoms with Crippen LogP contribution in [0.25, 0.3) is 0 Å². The minimum Gasteiger partial charge on any atom is -0.323 e. The first kappa shape index (κ1) is 9.01. The molecule has 1 aliphatic heterocycles. The first-order valence-electron chi connectivity index (χ1n) is 4.51. The van der Waals surface area contributed by atoms with E-state index < -0.39 is 0 Å². The Hall–Kier alpha value is -0.0800. The Balaban J connectivity index is 2.05. The van der Waals surface area contributed by atoms with Gasteiger partial charge in [-0.3, -0.25) is 4.90 Å². The van der Waals surface area contributed by atoms with E-state index in [1.54, 1.807) is 0 Å². The molecule has 0 atom stereocenters. The van der Waals surface area contributed by atoms with Crippen molar-refractivity contribution >= 4 is 0 Å². The molecule has 2 N–H and O–H groups in total. The van der Waals surface area contributed by atoms with Crippen molar-refractivity contribution in [3.8, 4) is 0 Å². The molecule has 11 heavy (non-hydrogen) atoms. The highest BCUT2D eigenvalue weighted by molar-refractivity contribution is 4.95. The van der Waals surface area contributed by atoms with Crippen molar-refractivity contribution in [2.24, 2.45) is 11.7 Å². The van der Waals surface area contributed by atoms with E-state index in [1.807, 2.05) is 0 Å². The summed E-state index contributed by atoms with van der Waals surface area (Å²) in [6.07, 6.45) is 1.30. The van der Waals surface area contributed by atoms with Gasteiger partial charge < -0.3 is 5.73 Å². The molecule has 1 saturated heterocycles. The van der Waals surface area contributed by atoms with Gasteiger partial charge in [-0.1, -0.05) is 13.8 Å². The van der Waals surface area contributed by atoms with Crippen molar-refractivity contribution in [1.82, 2.24) is 4.90 Å². The van der Waals surface area contributed by atoms with Crippen molar-refractivity contribution in [3.05, 3.63) is 0 Å². The fraction of sp³-hybridized carbons (Fsp3) is 1.00. The molecule has 0 bridgehead atoms. The molecule has 2 heteroatoms. The van der Waals surface area contributed by atoms with Gasteiger partial charge in [-0.05, 0) is 25.8 Å². The number of nitrogens with two attached hydrogens (primary N) is 1. The Bertz CT molecular complexity index is 122. The van der Waals surface area contributed by atoms with Crippen LogP contribution in [-0.4, -0.2) is 30.1 Å². The van der Waals surface area contributed by atoms with E-state index in [0.29, 0.717) is 0 Å². The third kappa shape index (κ3) is 2.80. The smallest absolute Gasteiger partial charge is 0.0383 e. The Morgan fingerprint density at radius 1 is 1.45 bits per heavy atom. The van der Waals surface area contributed by atoms with Gasteiger partial charge in [0.2, 0.25) is 0 Å². The predicted molar refractivity (Wildman–Crippen MR) is 48.5 cm³/mol. The second-order valence-corrected chi connectivity index (χ2v) is 4.55. The molecular formula is C9H20N2. The van der Waals surface area contributed by atoms with Gasteiger partial charge in [0.05, 0.1) is 0 Å². The molecule has 1 heterocycles. The second-order valence-electron chi connectivity index (χ2n) is 4.55. The summed E-state index contributed by atoms with van der Waals surface area (Å²) < 4.78 is 0. The van der Waals surface area contributed by atoms with Crippen LogP contribution >= 0.6 is 0 Å². The van der Waals surface area contributed by atoms with E-state index in [1.165, 1.54) is 13.0 Å². The highest BCUT2D eigenvalue weighted by Gasteiger charge is 2.33. The molecule has 0 spiro atoms. The van der Waals surface area contributed by atoms with Crippen LogP contribution in [0.5, 0.6) is 0 Å². The van der Waals surface area contributed by atoms with Gasteiger partial charge in [0.25, 0.3) is 0 Å². The van der Waals surface area contributed by atoms with Crippen molar-refractivity contribution in [2.45, 2.75) is 32.7 Å². The lowest BCUT2D eigenvalue weighted by Gasteiger charge is -2.45. The maximum atomic E-state index is 5.88. The molecule has 1 fully saturated rings. The zero-order valence-corrected chi connectivity index (χ0v) is 7.93. The number of hydrogen-bond acceptors (Lipinski definition) is 2. The lowest BCUT2D eigenvalue weighted by molar-refractivity contribution is 0.0792. The van der Waals surface area contributed by atoms with Gasteiger partial charge in [0.1, 0.15) is 0 Å². The monoisotopic (exact) mass is 156 g/mol. The number of hydrogen-bond donors (Lipinski definition) is 1.